The molecule has 0 radical (unpaired) electrons. The van der Waals surface area contributed by atoms with Gasteiger partial charge in [0.1, 0.15) is 12.6 Å². The van der Waals surface area contributed by atoms with Gasteiger partial charge in [-0.25, -0.2) is 8.42 Å². The second kappa shape index (κ2) is 12.7. The van der Waals surface area contributed by atoms with Crippen molar-refractivity contribution in [3.63, 3.8) is 0 Å². The number of carbonyl (C=O) groups excluding carboxylic acids is 2. The van der Waals surface area contributed by atoms with Crippen molar-refractivity contribution in [2.24, 2.45) is 0 Å². The summed E-state index contributed by atoms with van der Waals surface area (Å²) in [6, 6.07) is 24.8. The van der Waals surface area contributed by atoms with Gasteiger partial charge in [0.25, 0.3) is 0 Å². The standard InChI is InChI=1S/C27H30BrN3O4S/c1-3-29-27(33)25(18-21-12-6-4-7-13-21)30(19-22-14-8-5-9-15-22)26(32)20-31(36(2,34)35)24-17-11-10-16-23(24)28/h4-17,25H,3,18-20H2,1-2H3,(H,29,33)/t25-/m1/s1. The summed E-state index contributed by atoms with van der Waals surface area (Å²) in [6.07, 6.45) is 1.35. The van der Waals surface area contributed by atoms with Gasteiger partial charge in [-0.15, -0.1) is 0 Å². The van der Waals surface area contributed by atoms with Crippen LogP contribution in [0.4, 0.5) is 5.69 Å². The van der Waals surface area contributed by atoms with Crippen molar-refractivity contribution in [1.82, 2.24) is 10.2 Å². The van der Waals surface area contributed by atoms with Gasteiger partial charge in [-0.1, -0.05) is 72.8 Å². The van der Waals surface area contributed by atoms with Gasteiger partial charge in [0.15, 0.2) is 0 Å². The van der Waals surface area contributed by atoms with Crippen LogP contribution in [-0.4, -0.2) is 50.5 Å². The molecular formula is C27H30BrN3O4S. The lowest BCUT2D eigenvalue weighted by molar-refractivity contribution is -0.140. The first-order valence-electron chi connectivity index (χ1n) is 11.6. The van der Waals surface area contributed by atoms with Gasteiger partial charge in [-0.3, -0.25) is 13.9 Å². The molecule has 0 unspecified atom stereocenters. The minimum Gasteiger partial charge on any atom is -0.355 e. The summed E-state index contributed by atoms with van der Waals surface area (Å²) in [5, 5.41) is 2.84. The van der Waals surface area contributed by atoms with Crippen LogP contribution in [0.2, 0.25) is 0 Å². The van der Waals surface area contributed by atoms with E-state index in [0.717, 1.165) is 21.7 Å². The summed E-state index contributed by atoms with van der Waals surface area (Å²) in [5.41, 5.74) is 2.08. The average Bonchev–Trinajstić information content (AvgIpc) is 2.86. The lowest BCUT2D eigenvalue weighted by Gasteiger charge is -2.33. The molecule has 3 rings (SSSR count). The first-order valence-corrected chi connectivity index (χ1v) is 14.2. The first kappa shape index (κ1) is 27.4. The van der Waals surface area contributed by atoms with Crippen LogP contribution in [0.5, 0.6) is 0 Å². The van der Waals surface area contributed by atoms with Gasteiger partial charge in [0.2, 0.25) is 21.8 Å². The maximum absolute atomic E-state index is 13.9. The van der Waals surface area contributed by atoms with E-state index >= 15 is 0 Å². The van der Waals surface area contributed by atoms with Gasteiger partial charge >= 0.3 is 0 Å². The lowest BCUT2D eigenvalue weighted by Crippen LogP contribution is -2.53. The second-order valence-electron chi connectivity index (χ2n) is 8.33. The Hall–Kier alpha value is -3.17. The number of hydrogen-bond donors (Lipinski definition) is 1. The van der Waals surface area contributed by atoms with E-state index in [2.05, 4.69) is 21.2 Å². The fourth-order valence-electron chi connectivity index (χ4n) is 3.87. The maximum Gasteiger partial charge on any atom is 0.244 e. The van der Waals surface area contributed by atoms with E-state index in [9.17, 15) is 18.0 Å². The number of hydrogen-bond acceptors (Lipinski definition) is 4. The van der Waals surface area contributed by atoms with Crippen molar-refractivity contribution in [2.45, 2.75) is 25.9 Å². The number of nitrogens with zero attached hydrogens (tertiary/aromatic N) is 2. The van der Waals surface area contributed by atoms with Crippen molar-refractivity contribution >= 4 is 43.5 Å². The van der Waals surface area contributed by atoms with Gasteiger partial charge in [-0.05, 0) is 46.1 Å². The molecule has 0 aromatic heterocycles. The highest BCUT2D eigenvalue weighted by atomic mass is 79.9. The number of amides is 2. The van der Waals surface area contributed by atoms with Crippen LogP contribution in [0.3, 0.4) is 0 Å². The zero-order valence-electron chi connectivity index (χ0n) is 20.3. The highest BCUT2D eigenvalue weighted by Crippen LogP contribution is 2.28. The molecule has 36 heavy (non-hydrogen) atoms. The number of nitrogens with one attached hydrogen (secondary N) is 1. The van der Waals surface area contributed by atoms with Gasteiger partial charge in [0, 0.05) is 24.0 Å². The Kier molecular flexibility index (Phi) is 9.66. The highest BCUT2D eigenvalue weighted by Gasteiger charge is 2.33. The van der Waals surface area contributed by atoms with E-state index in [4.69, 9.17) is 0 Å². The van der Waals surface area contributed by atoms with Crippen LogP contribution >= 0.6 is 15.9 Å². The second-order valence-corrected chi connectivity index (χ2v) is 11.1. The average molecular weight is 573 g/mol. The van der Waals surface area contributed by atoms with Crippen molar-refractivity contribution in [1.29, 1.82) is 0 Å². The molecule has 0 bridgehead atoms. The number of carbonyl (C=O) groups is 2. The van der Waals surface area contributed by atoms with Crippen LogP contribution in [0.25, 0.3) is 0 Å². The summed E-state index contributed by atoms with van der Waals surface area (Å²) in [5.74, 6) is -0.773. The summed E-state index contributed by atoms with van der Waals surface area (Å²) in [7, 11) is -3.80. The Morgan fingerprint density at radius 1 is 0.889 bits per heavy atom. The SMILES string of the molecule is CCNC(=O)[C@@H](Cc1ccccc1)N(Cc1ccccc1)C(=O)CN(c1ccccc1Br)S(C)(=O)=O. The van der Waals surface area contributed by atoms with E-state index in [1.54, 1.807) is 24.3 Å². The molecule has 0 saturated carbocycles. The molecule has 0 aliphatic carbocycles. The predicted octanol–water partition coefficient (Wildman–Crippen LogP) is 3.99. The smallest absolute Gasteiger partial charge is 0.244 e. The van der Waals surface area contributed by atoms with Crippen LogP contribution in [0.1, 0.15) is 18.1 Å². The molecule has 190 valence electrons. The predicted molar refractivity (Wildman–Crippen MR) is 146 cm³/mol. The molecule has 0 saturated heterocycles. The third-order valence-corrected chi connectivity index (χ3v) is 7.42. The van der Waals surface area contributed by atoms with E-state index in [1.165, 1.54) is 4.90 Å². The van der Waals surface area contributed by atoms with Crippen LogP contribution in [0.15, 0.2) is 89.4 Å². The Bertz CT molecular complexity index is 1270. The Balaban J connectivity index is 2.03. The van der Waals surface area contributed by atoms with Crippen LogP contribution in [-0.2, 0) is 32.6 Å². The first-order chi connectivity index (χ1) is 17.2. The Morgan fingerprint density at radius 3 is 2.00 bits per heavy atom. The van der Waals surface area contributed by atoms with Crippen molar-refractivity contribution < 1.29 is 18.0 Å². The molecule has 9 heteroatoms. The van der Waals surface area contributed by atoms with Crippen molar-refractivity contribution in [2.75, 3.05) is 23.7 Å². The Morgan fingerprint density at radius 2 is 1.44 bits per heavy atom. The zero-order chi connectivity index (χ0) is 26.1. The number of anilines is 1. The number of benzene rings is 3. The molecule has 0 aliphatic rings. The fourth-order valence-corrected chi connectivity index (χ4v) is 5.35. The zero-order valence-corrected chi connectivity index (χ0v) is 22.7. The summed E-state index contributed by atoms with van der Waals surface area (Å²) in [4.78, 5) is 28.6. The minimum absolute atomic E-state index is 0.155. The maximum atomic E-state index is 13.9. The topological polar surface area (TPSA) is 86.8 Å². The summed E-state index contributed by atoms with van der Waals surface area (Å²) < 4.78 is 27.1. The lowest BCUT2D eigenvalue weighted by atomic mass is 10.0. The summed E-state index contributed by atoms with van der Waals surface area (Å²) in [6.45, 7) is 1.93. The van der Waals surface area contributed by atoms with E-state index in [1.807, 2.05) is 67.6 Å². The molecule has 1 N–H and O–H groups in total. The molecular weight excluding hydrogens is 542 g/mol. The van der Waals surface area contributed by atoms with E-state index < -0.39 is 28.5 Å². The largest absolute Gasteiger partial charge is 0.355 e. The third kappa shape index (κ3) is 7.41. The van der Waals surface area contributed by atoms with Crippen LogP contribution < -0.4 is 9.62 Å². The number of halogens is 1. The summed E-state index contributed by atoms with van der Waals surface area (Å²) >= 11 is 3.39. The van der Waals surface area contributed by atoms with Crippen molar-refractivity contribution in [3.8, 4) is 0 Å². The number of sulfonamides is 1. The molecule has 7 nitrogen and oxygen atoms in total. The molecule has 0 heterocycles. The molecule has 3 aromatic rings. The Labute approximate surface area is 221 Å². The van der Waals surface area contributed by atoms with Gasteiger partial charge in [-0.2, -0.15) is 0 Å². The van der Waals surface area contributed by atoms with E-state index in [-0.39, 0.29) is 12.5 Å². The van der Waals surface area contributed by atoms with Gasteiger partial charge < -0.3 is 10.2 Å². The van der Waals surface area contributed by atoms with Crippen LogP contribution in [0, 0.1) is 0 Å². The van der Waals surface area contributed by atoms with Gasteiger partial charge in [0.05, 0.1) is 11.9 Å². The molecule has 2 amide bonds. The molecule has 0 spiro atoms. The number of rotatable bonds is 11. The molecule has 0 aliphatic heterocycles. The number of para-hydroxylation sites is 1. The normalized spacial score (nSPS) is 12.0. The monoisotopic (exact) mass is 571 g/mol. The third-order valence-electron chi connectivity index (χ3n) is 5.62. The molecule has 0 fully saturated rings. The minimum atomic E-state index is -3.80. The fraction of sp³-hybridized carbons (Fsp3) is 0.259. The number of likely N-dealkylation sites (N-methyl/N-ethyl adjacent to an activating group) is 1. The van der Waals surface area contributed by atoms with Crippen molar-refractivity contribution in [3.05, 3.63) is 101 Å². The molecule has 3 aromatic carbocycles. The molecule has 1 atom stereocenters. The highest BCUT2D eigenvalue weighted by molar-refractivity contribution is 9.10. The van der Waals surface area contributed by atoms with E-state index in [0.29, 0.717) is 23.1 Å². The quantitative estimate of drug-likeness (QED) is 0.377.